The quantitative estimate of drug-likeness (QED) is 0.397. The highest BCUT2D eigenvalue weighted by molar-refractivity contribution is 6.07. The van der Waals surface area contributed by atoms with E-state index in [-0.39, 0.29) is 5.56 Å². The second kappa shape index (κ2) is 7.53. The van der Waals surface area contributed by atoms with Gasteiger partial charge in [0, 0.05) is 11.6 Å². The molecule has 0 atom stereocenters. The maximum absolute atomic E-state index is 12.0. The highest BCUT2D eigenvalue weighted by Crippen LogP contribution is 2.21. The summed E-state index contributed by atoms with van der Waals surface area (Å²) in [6, 6.07) is 20.3. The van der Waals surface area contributed by atoms with Gasteiger partial charge in [-0.2, -0.15) is 0 Å². The van der Waals surface area contributed by atoms with Crippen molar-refractivity contribution in [3.63, 3.8) is 0 Å². The Hall–Kier alpha value is -3.60. The van der Waals surface area contributed by atoms with Crippen molar-refractivity contribution in [3.8, 4) is 5.75 Å². The molecule has 5 heteroatoms. The summed E-state index contributed by atoms with van der Waals surface area (Å²) in [6.45, 7) is 0.329. The molecule has 2 N–H and O–H groups in total. The van der Waals surface area contributed by atoms with E-state index in [1.807, 2.05) is 42.5 Å². The Morgan fingerprint density at radius 3 is 2.46 bits per heavy atom. The highest BCUT2D eigenvalue weighted by Gasteiger charge is 2.10. The number of hydrogen-bond acceptors (Lipinski definition) is 4. The number of rotatable bonds is 6. The number of ketones is 1. The number of hydrogen-bond donors (Lipinski definition) is 2. The van der Waals surface area contributed by atoms with Crippen molar-refractivity contribution in [1.29, 1.82) is 0 Å². The van der Waals surface area contributed by atoms with Crippen LogP contribution in [0.1, 0.15) is 15.9 Å². The average molecular weight is 348 g/mol. The predicted octanol–water partition coefficient (Wildman–Crippen LogP) is 4.13. The lowest BCUT2D eigenvalue weighted by atomic mass is 10.1. The summed E-state index contributed by atoms with van der Waals surface area (Å²) >= 11 is 0. The van der Waals surface area contributed by atoms with Crippen molar-refractivity contribution in [2.75, 3.05) is 0 Å². The van der Waals surface area contributed by atoms with Crippen molar-refractivity contribution in [2.45, 2.75) is 6.61 Å². The van der Waals surface area contributed by atoms with Crippen molar-refractivity contribution in [3.05, 3.63) is 89.7 Å². The molecule has 26 heavy (non-hydrogen) atoms. The molecule has 3 aromatic rings. The van der Waals surface area contributed by atoms with E-state index >= 15 is 0 Å². The van der Waals surface area contributed by atoms with Crippen LogP contribution in [0.3, 0.4) is 0 Å². The lowest BCUT2D eigenvalue weighted by molar-refractivity contribution is -0.135. The van der Waals surface area contributed by atoms with Gasteiger partial charge in [-0.1, -0.05) is 54.6 Å². The molecule has 0 heterocycles. The molecule has 3 aromatic carbocycles. The highest BCUT2D eigenvalue weighted by atomic mass is 16.5. The summed E-state index contributed by atoms with van der Waals surface area (Å²) in [4.78, 5) is 22.6. The summed E-state index contributed by atoms with van der Waals surface area (Å²) in [5.41, 5.74) is 1.25. The Bertz CT molecular complexity index is 999. The minimum Gasteiger partial charge on any atom is -0.502 e. The number of carboxylic acids is 1. The zero-order valence-corrected chi connectivity index (χ0v) is 13.8. The molecular formula is C21H16O5. The lowest BCUT2D eigenvalue weighted by Gasteiger charge is -2.10. The standard InChI is InChI=1S/C21H16O5/c22-19(12-20(23)21(24)25)15-7-4-9-17(11-15)26-13-16-8-3-6-14-5-1-2-10-18(14)16/h1-12,23H,13H2,(H,24,25)/b20-12+. The van der Waals surface area contributed by atoms with Crippen molar-refractivity contribution in [2.24, 2.45) is 0 Å². The van der Waals surface area contributed by atoms with Gasteiger partial charge in [0.25, 0.3) is 0 Å². The van der Waals surface area contributed by atoms with E-state index in [9.17, 15) is 14.7 Å². The molecule has 130 valence electrons. The molecule has 0 radical (unpaired) electrons. The number of fused-ring (bicyclic) bond motifs is 1. The third-order valence-corrected chi connectivity index (χ3v) is 3.88. The van der Waals surface area contributed by atoms with Crippen LogP contribution in [-0.4, -0.2) is 22.0 Å². The fourth-order valence-electron chi connectivity index (χ4n) is 2.59. The van der Waals surface area contributed by atoms with Crippen LogP contribution in [0.25, 0.3) is 10.8 Å². The first kappa shape index (κ1) is 17.2. The Balaban J connectivity index is 1.78. The summed E-state index contributed by atoms with van der Waals surface area (Å²) in [6.07, 6.45) is 0.673. The Morgan fingerprint density at radius 2 is 1.65 bits per heavy atom. The first-order chi connectivity index (χ1) is 12.5. The van der Waals surface area contributed by atoms with E-state index in [2.05, 4.69) is 0 Å². The predicted molar refractivity (Wildman–Crippen MR) is 97.4 cm³/mol. The monoisotopic (exact) mass is 348 g/mol. The van der Waals surface area contributed by atoms with Crippen LogP contribution in [0.15, 0.2) is 78.6 Å². The van der Waals surface area contributed by atoms with Gasteiger partial charge < -0.3 is 14.9 Å². The number of benzene rings is 3. The fraction of sp³-hybridized carbons (Fsp3) is 0.0476. The molecule has 0 aliphatic rings. The van der Waals surface area contributed by atoms with Gasteiger partial charge in [-0.3, -0.25) is 4.79 Å². The van der Waals surface area contributed by atoms with E-state index < -0.39 is 17.5 Å². The number of aliphatic carboxylic acids is 1. The number of carbonyl (C=O) groups is 2. The smallest absolute Gasteiger partial charge is 0.371 e. The fourth-order valence-corrected chi connectivity index (χ4v) is 2.59. The largest absolute Gasteiger partial charge is 0.502 e. The first-order valence-electron chi connectivity index (χ1n) is 7.92. The molecule has 0 saturated carbocycles. The van der Waals surface area contributed by atoms with Crippen LogP contribution in [0, 0.1) is 0 Å². The van der Waals surface area contributed by atoms with E-state index in [0.717, 1.165) is 16.3 Å². The molecule has 0 fully saturated rings. The average Bonchev–Trinajstić information content (AvgIpc) is 2.66. The van der Waals surface area contributed by atoms with Crippen molar-refractivity contribution < 1.29 is 24.5 Å². The van der Waals surface area contributed by atoms with E-state index in [1.54, 1.807) is 12.1 Å². The normalized spacial score (nSPS) is 11.3. The van der Waals surface area contributed by atoms with Crippen LogP contribution in [0.4, 0.5) is 0 Å². The van der Waals surface area contributed by atoms with Crippen LogP contribution in [0.2, 0.25) is 0 Å². The molecule has 0 bridgehead atoms. The number of carboxylic acid groups (broad SMARTS) is 1. The number of aliphatic hydroxyl groups excluding tert-OH is 1. The zero-order valence-electron chi connectivity index (χ0n) is 13.8. The maximum atomic E-state index is 12.0. The molecular weight excluding hydrogens is 332 g/mol. The van der Waals surface area contributed by atoms with Crippen LogP contribution < -0.4 is 4.74 Å². The summed E-state index contributed by atoms with van der Waals surface area (Å²) in [5, 5.41) is 20.0. The Morgan fingerprint density at radius 1 is 0.923 bits per heavy atom. The Kier molecular flexibility index (Phi) is 4.99. The van der Waals surface area contributed by atoms with Crippen LogP contribution in [-0.2, 0) is 11.4 Å². The SMILES string of the molecule is O=C(O)/C(O)=C\C(=O)c1cccc(OCc2cccc3ccccc23)c1. The lowest BCUT2D eigenvalue weighted by Crippen LogP contribution is -2.04. The maximum Gasteiger partial charge on any atom is 0.371 e. The van der Waals surface area contributed by atoms with Crippen LogP contribution in [0.5, 0.6) is 5.75 Å². The van der Waals surface area contributed by atoms with Gasteiger partial charge in [0.2, 0.25) is 5.76 Å². The molecule has 3 rings (SSSR count). The molecule has 0 unspecified atom stereocenters. The van der Waals surface area contributed by atoms with Gasteiger partial charge in [-0.15, -0.1) is 0 Å². The number of allylic oxidation sites excluding steroid dienone is 1. The molecule has 0 aliphatic carbocycles. The van der Waals surface area contributed by atoms with Crippen molar-refractivity contribution >= 4 is 22.5 Å². The van der Waals surface area contributed by atoms with Gasteiger partial charge in [0.05, 0.1) is 0 Å². The van der Waals surface area contributed by atoms with E-state index in [4.69, 9.17) is 9.84 Å². The van der Waals surface area contributed by atoms with E-state index in [1.165, 1.54) is 12.1 Å². The third kappa shape index (κ3) is 3.89. The number of ether oxygens (including phenoxy) is 1. The molecule has 0 amide bonds. The topological polar surface area (TPSA) is 83.8 Å². The minimum absolute atomic E-state index is 0.230. The van der Waals surface area contributed by atoms with Gasteiger partial charge in [0.1, 0.15) is 12.4 Å². The molecule has 0 aromatic heterocycles. The number of aliphatic hydroxyl groups is 1. The second-order valence-electron chi connectivity index (χ2n) is 5.65. The van der Waals surface area contributed by atoms with Gasteiger partial charge in [0.15, 0.2) is 5.78 Å². The number of carbonyl (C=O) groups excluding carboxylic acids is 1. The Labute approximate surface area is 149 Å². The van der Waals surface area contributed by atoms with Gasteiger partial charge >= 0.3 is 5.97 Å². The molecule has 0 spiro atoms. The summed E-state index contributed by atoms with van der Waals surface area (Å²) in [7, 11) is 0. The molecule has 0 aliphatic heterocycles. The zero-order chi connectivity index (χ0) is 18.5. The third-order valence-electron chi connectivity index (χ3n) is 3.88. The molecule has 0 saturated heterocycles. The summed E-state index contributed by atoms with van der Waals surface area (Å²) in [5.74, 6) is -2.69. The van der Waals surface area contributed by atoms with Gasteiger partial charge in [-0.25, -0.2) is 4.79 Å². The van der Waals surface area contributed by atoms with E-state index in [0.29, 0.717) is 18.4 Å². The molecule has 5 nitrogen and oxygen atoms in total. The van der Waals surface area contributed by atoms with Crippen molar-refractivity contribution in [1.82, 2.24) is 0 Å². The first-order valence-corrected chi connectivity index (χ1v) is 7.92. The summed E-state index contributed by atoms with van der Waals surface area (Å²) < 4.78 is 5.79. The minimum atomic E-state index is -1.55. The van der Waals surface area contributed by atoms with Crippen LogP contribution >= 0.6 is 0 Å². The second-order valence-corrected chi connectivity index (χ2v) is 5.65. The van der Waals surface area contributed by atoms with Gasteiger partial charge in [-0.05, 0) is 28.5 Å².